The maximum atomic E-state index is 12.3. The lowest BCUT2D eigenvalue weighted by Gasteiger charge is -2.12. The van der Waals surface area contributed by atoms with Gasteiger partial charge in [-0.2, -0.15) is 0 Å². The van der Waals surface area contributed by atoms with Crippen molar-refractivity contribution in [3.05, 3.63) is 23.9 Å². The van der Waals surface area contributed by atoms with Crippen LogP contribution in [0.3, 0.4) is 0 Å². The second kappa shape index (κ2) is 7.22. The summed E-state index contributed by atoms with van der Waals surface area (Å²) in [6, 6.07) is 5.28. The highest BCUT2D eigenvalue weighted by Gasteiger charge is 2.18. The average Bonchev–Trinajstić information content (AvgIpc) is 2.96. The van der Waals surface area contributed by atoms with Crippen molar-refractivity contribution in [2.75, 3.05) is 41.4 Å². The fourth-order valence-corrected chi connectivity index (χ4v) is 2.18. The molecule has 0 fully saturated rings. The van der Waals surface area contributed by atoms with Gasteiger partial charge in [0.25, 0.3) is 5.91 Å². The van der Waals surface area contributed by atoms with E-state index in [4.69, 9.17) is 20.6 Å². The largest absolute Gasteiger partial charge is 0.496 e. The van der Waals surface area contributed by atoms with E-state index < -0.39 is 5.91 Å². The van der Waals surface area contributed by atoms with E-state index in [0.717, 1.165) is 22.3 Å². The van der Waals surface area contributed by atoms with Gasteiger partial charge in [-0.15, -0.1) is 0 Å². The summed E-state index contributed by atoms with van der Waals surface area (Å²) in [5.41, 5.74) is 6.40. The molecule has 0 aliphatic heterocycles. The summed E-state index contributed by atoms with van der Waals surface area (Å²) in [6.45, 7) is 1.33. The zero-order valence-corrected chi connectivity index (χ0v) is 14.3. The van der Waals surface area contributed by atoms with Gasteiger partial charge in [-0.25, -0.2) is 0 Å². The standard InChI is InChI=1S/C16H23N5O3/c1-20(2)5-6-24-10-7-12-11(14(8-10)23-4)9-13(19-12)15(22)21(3)16(17)18/h7-9,19H,5-6H2,1-4H3,(H3,17,18). The molecule has 4 N–H and O–H groups in total. The Balaban J connectivity index is 2.33. The molecule has 0 atom stereocenters. The van der Waals surface area contributed by atoms with E-state index in [1.165, 1.54) is 7.05 Å². The molecular formula is C16H23N5O3. The van der Waals surface area contributed by atoms with Crippen LogP contribution in [0.4, 0.5) is 0 Å². The number of guanidine groups is 1. The summed E-state index contributed by atoms with van der Waals surface area (Å²) < 4.78 is 11.1. The Labute approximate surface area is 140 Å². The number of fused-ring (bicyclic) bond motifs is 1. The molecule has 0 bridgehead atoms. The first-order valence-corrected chi connectivity index (χ1v) is 7.44. The molecule has 2 aromatic rings. The second-order valence-electron chi connectivity index (χ2n) is 5.67. The summed E-state index contributed by atoms with van der Waals surface area (Å²) in [4.78, 5) is 18.4. The third-order valence-corrected chi connectivity index (χ3v) is 3.60. The molecule has 0 saturated carbocycles. The predicted octanol–water partition coefficient (Wildman–Crippen LogP) is 1.08. The normalized spacial score (nSPS) is 10.9. The number of amides is 1. The number of aromatic nitrogens is 1. The molecule has 1 heterocycles. The fourth-order valence-electron chi connectivity index (χ4n) is 2.18. The first kappa shape index (κ1) is 17.6. The van der Waals surface area contributed by atoms with Crippen LogP contribution in [0.2, 0.25) is 0 Å². The summed E-state index contributed by atoms with van der Waals surface area (Å²) >= 11 is 0. The lowest BCUT2D eigenvalue weighted by molar-refractivity contribution is 0.0864. The summed E-state index contributed by atoms with van der Waals surface area (Å²) in [6.07, 6.45) is 0. The summed E-state index contributed by atoms with van der Waals surface area (Å²) in [5.74, 6) is 0.546. The molecule has 8 nitrogen and oxygen atoms in total. The van der Waals surface area contributed by atoms with Crippen molar-refractivity contribution in [2.45, 2.75) is 0 Å². The first-order valence-electron chi connectivity index (χ1n) is 7.44. The van der Waals surface area contributed by atoms with Crippen LogP contribution < -0.4 is 15.2 Å². The number of carbonyl (C=O) groups is 1. The number of ether oxygens (including phenoxy) is 2. The summed E-state index contributed by atoms with van der Waals surface area (Å²) in [7, 11) is 6.96. The number of nitrogens with two attached hydrogens (primary N) is 1. The molecular weight excluding hydrogens is 310 g/mol. The Morgan fingerprint density at radius 1 is 1.29 bits per heavy atom. The van der Waals surface area contributed by atoms with E-state index in [0.29, 0.717) is 23.8 Å². The van der Waals surface area contributed by atoms with Gasteiger partial charge in [0.1, 0.15) is 23.8 Å². The van der Waals surface area contributed by atoms with Gasteiger partial charge in [0.2, 0.25) is 0 Å². The Morgan fingerprint density at radius 3 is 2.58 bits per heavy atom. The number of likely N-dealkylation sites (N-methyl/N-ethyl adjacent to an activating group) is 1. The maximum absolute atomic E-state index is 12.3. The van der Waals surface area contributed by atoms with Crippen LogP contribution in [0, 0.1) is 5.41 Å². The van der Waals surface area contributed by atoms with Crippen LogP contribution in [0.1, 0.15) is 10.5 Å². The Bertz CT molecular complexity index is 753. The number of nitrogens with one attached hydrogen (secondary N) is 2. The van der Waals surface area contributed by atoms with E-state index in [2.05, 4.69) is 4.98 Å². The van der Waals surface area contributed by atoms with E-state index >= 15 is 0 Å². The molecule has 0 aliphatic rings. The van der Waals surface area contributed by atoms with Crippen molar-refractivity contribution < 1.29 is 14.3 Å². The van der Waals surface area contributed by atoms with E-state index in [-0.39, 0.29) is 5.96 Å². The molecule has 24 heavy (non-hydrogen) atoms. The van der Waals surface area contributed by atoms with Crippen LogP contribution in [0.5, 0.6) is 11.5 Å². The number of carbonyl (C=O) groups excluding carboxylic acids is 1. The molecule has 130 valence electrons. The molecule has 1 amide bonds. The topological polar surface area (TPSA) is 108 Å². The third-order valence-electron chi connectivity index (χ3n) is 3.60. The third kappa shape index (κ3) is 3.77. The Morgan fingerprint density at radius 2 is 2.00 bits per heavy atom. The number of benzene rings is 1. The van der Waals surface area contributed by atoms with Crippen molar-refractivity contribution in [1.29, 1.82) is 5.41 Å². The summed E-state index contributed by atoms with van der Waals surface area (Å²) in [5, 5.41) is 8.12. The van der Waals surface area contributed by atoms with Crippen molar-refractivity contribution in [3.8, 4) is 11.5 Å². The SMILES string of the molecule is COc1cc(OCCN(C)C)cc2[nH]c(C(=O)N(C)C(=N)N)cc12. The molecule has 0 unspecified atom stereocenters. The number of rotatable bonds is 6. The van der Waals surface area contributed by atoms with Gasteiger partial charge in [0.05, 0.1) is 12.6 Å². The number of methoxy groups -OCH3 is 1. The van der Waals surface area contributed by atoms with Gasteiger partial charge in [-0.05, 0) is 20.2 Å². The average molecular weight is 333 g/mol. The molecule has 0 radical (unpaired) electrons. The lowest BCUT2D eigenvalue weighted by atomic mass is 10.2. The van der Waals surface area contributed by atoms with Gasteiger partial charge in [-0.3, -0.25) is 15.1 Å². The quantitative estimate of drug-likeness (QED) is 0.542. The molecule has 2 rings (SSSR count). The predicted molar refractivity (Wildman–Crippen MR) is 92.9 cm³/mol. The first-order chi connectivity index (χ1) is 11.3. The Hall–Kier alpha value is -2.74. The number of nitrogens with zero attached hydrogens (tertiary/aromatic N) is 2. The highest BCUT2D eigenvalue weighted by Crippen LogP contribution is 2.32. The molecule has 8 heteroatoms. The molecule has 1 aromatic heterocycles. The van der Waals surface area contributed by atoms with Crippen LogP contribution in [-0.4, -0.2) is 68.1 Å². The zero-order chi connectivity index (χ0) is 17.9. The van der Waals surface area contributed by atoms with E-state index in [9.17, 15) is 4.79 Å². The van der Waals surface area contributed by atoms with Gasteiger partial charge >= 0.3 is 0 Å². The number of H-pyrrole nitrogens is 1. The van der Waals surface area contributed by atoms with E-state index in [1.807, 2.05) is 25.1 Å². The van der Waals surface area contributed by atoms with Crippen molar-refractivity contribution in [3.63, 3.8) is 0 Å². The molecule has 1 aromatic carbocycles. The minimum atomic E-state index is -0.393. The van der Waals surface area contributed by atoms with Crippen molar-refractivity contribution in [2.24, 2.45) is 5.73 Å². The monoisotopic (exact) mass is 333 g/mol. The Kier molecular flexibility index (Phi) is 5.30. The van der Waals surface area contributed by atoms with Crippen LogP contribution in [0.15, 0.2) is 18.2 Å². The van der Waals surface area contributed by atoms with Crippen molar-refractivity contribution in [1.82, 2.24) is 14.8 Å². The maximum Gasteiger partial charge on any atom is 0.276 e. The zero-order valence-electron chi connectivity index (χ0n) is 14.3. The fraction of sp³-hybridized carbons (Fsp3) is 0.375. The van der Waals surface area contributed by atoms with Gasteiger partial charge < -0.3 is 25.1 Å². The number of hydrogen-bond acceptors (Lipinski definition) is 5. The molecule has 0 spiro atoms. The van der Waals surface area contributed by atoms with Crippen LogP contribution in [-0.2, 0) is 0 Å². The van der Waals surface area contributed by atoms with Gasteiger partial charge in [0.15, 0.2) is 5.96 Å². The van der Waals surface area contributed by atoms with Gasteiger partial charge in [-0.1, -0.05) is 0 Å². The minimum absolute atomic E-state index is 0.321. The highest BCUT2D eigenvalue weighted by molar-refractivity contribution is 6.06. The van der Waals surface area contributed by atoms with Crippen LogP contribution >= 0.6 is 0 Å². The molecule has 0 saturated heterocycles. The minimum Gasteiger partial charge on any atom is -0.496 e. The van der Waals surface area contributed by atoms with Gasteiger partial charge in [0, 0.05) is 31.1 Å². The van der Waals surface area contributed by atoms with Crippen LogP contribution in [0.25, 0.3) is 10.9 Å². The molecule has 0 aliphatic carbocycles. The highest BCUT2D eigenvalue weighted by atomic mass is 16.5. The lowest BCUT2D eigenvalue weighted by Crippen LogP contribution is -2.38. The smallest absolute Gasteiger partial charge is 0.276 e. The number of hydrogen-bond donors (Lipinski definition) is 3. The van der Waals surface area contributed by atoms with Crippen molar-refractivity contribution >= 4 is 22.8 Å². The number of aromatic amines is 1. The van der Waals surface area contributed by atoms with E-state index in [1.54, 1.807) is 19.2 Å². The second-order valence-corrected chi connectivity index (χ2v) is 5.67.